The van der Waals surface area contributed by atoms with Crippen LogP contribution in [0.3, 0.4) is 0 Å². The first-order chi connectivity index (χ1) is 8.13. The third-order valence-electron chi connectivity index (χ3n) is 2.31. The van der Waals surface area contributed by atoms with Crippen LogP contribution in [0, 0.1) is 6.92 Å². The summed E-state index contributed by atoms with van der Waals surface area (Å²) in [6.07, 6.45) is 2.78. The highest BCUT2D eigenvalue weighted by molar-refractivity contribution is 5.44. The van der Waals surface area contributed by atoms with Gasteiger partial charge in [0.25, 0.3) is 0 Å². The van der Waals surface area contributed by atoms with Gasteiger partial charge in [-0.25, -0.2) is 9.97 Å². The van der Waals surface area contributed by atoms with Crippen molar-refractivity contribution < 1.29 is 0 Å². The molecular formula is C11H16N6. The molecule has 0 aliphatic rings. The summed E-state index contributed by atoms with van der Waals surface area (Å²) in [5, 5.41) is 7.50. The maximum atomic E-state index is 5.64. The molecule has 2 aromatic heterocycles. The first-order valence-electron chi connectivity index (χ1n) is 5.47. The second-order valence-corrected chi connectivity index (χ2v) is 3.88. The van der Waals surface area contributed by atoms with Gasteiger partial charge in [-0.2, -0.15) is 5.10 Å². The Morgan fingerprint density at radius 3 is 2.88 bits per heavy atom. The van der Waals surface area contributed by atoms with E-state index in [-0.39, 0.29) is 0 Å². The summed E-state index contributed by atoms with van der Waals surface area (Å²) in [5.41, 5.74) is 6.69. The lowest BCUT2D eigenvalue weighted by molar-refractivity contribution is 0.742. The van der Waals surface area contributed by atoms with Crippen molar-refractivity contribution in [1.29, 1.82) is 0 Å². The van der Waals surface area contributed by atoms with Gasteiger partial charge in [-0.05, 0) is 13.0 Å². The minimum absolute atomic E-state index is 0.484. The summed E-state index contributed by atoms with van der Waals surface area (Å²) in [6.45, 7) is 2.59. The molecule has 0 amide bonds. The number of hydrogen-bond acceptors (Lipinski definition) is 5. The lowest BCUT2D eigenvalue weighted by Gasteiger charge is -2.05. The van der Waals surface area contributed by atoms with Crippen molar-refractivity contribution in [2.24, 2.45) is 7.05 Å². The minimum Gasteiger partial charge on any atom is -0.384 e. The summed E-state index contributed by atoms with van der Waals surface area (Å²) in [4.78, 5) is 8.26. The van der Waals surface area contributed by atoms with Crippen LogP contribution in [-0.4, -0.2) is 26.3 Å². The Morgan fingerprint density at radius 2 is 2.24 bits per heavy atom. The van der Waals surface area contributed by atoms with Gasteiger partial charge in [0.15, 0.2) is 0 Å². The summed E-state index contributed by atoms with van der Waals surface area (Å²) in [7, 11) is 1.91. The first kappa shape index (κ1) is 11.4. The zero-order valence-corrected chi connectivity index (χ0v) is 10.0. The largest absolute Gasteiger partial charge is 0.384 e. The predicted octanol–water partition coefficient (Wildman–Crippen LogP) is 0.755. The Kier molecular flexibility index (Phi) is 3.22. The fourth-order valence-corrected chi connectivity index (χ4v) is 1.60. The maximum absolute atomic E-state index is 5.64. The van der Waals surface area contributed by atoms with Crippen molar-refractivity contribution in [3.05, 3.63) is 29.8 Å². The van der Waals surface area contributed by atoms with Crippen molar-refractivity contribution in [1.82, 2.24) is 19.7 Å². The van der Waals surface area contributed by atoms with Crippen LogP contribution in [0.15, 0.2) is 18.3 Å². The molecule has 0 spiro atoms. The van der Waals surface area contributed by atoms with Crippen LogP contribution in [0.1, 0.15) is 11.5 Å². The maximum Gasteiger partial charge on any atom is 0.131 e. The molecule has 0 atom stereocenters. The number of hydrogen-bond donors (Lipinski definition) is 2. The molecule has 2 aromatic rings. The molecule has 0 bridgehead atoms. The van der Waals surface area contributed by atoms with Crippen LogP contribution in [-0.2, 0) is 13.5 Å². The highest BCUT2D eigenvalue weighted by atomic mass is 15.2. The highest BCUT2D eigenvalue weighted by Crippen LogP contribution is 2.07. The molecule has 2 heterocycles. The Morgan fingerprint density at radius 1 is 1.41 bits per heavy atom. The number of nitrogens with one attached hydrogen (secondary N) is 1. The molecule has 17 heavy (non-hydrogen) atoms. The summed E-state index contributed by atoms with van der Waals surface area (Å²) < 4.78 is 1.79. The SMILES string of the molecule is Cc1nc(N)cc(NCCc2ccn(C)n2)n1. The molecule has 2 rings (SSSR count). The molecule has 0 saturated heterocycles. The summed E-state index contributed by atoms with van der Waals surface area (Å²) >= 11 is 0. The van der Waals surface area contributed by atoms with E-state index in [1.54, 1.807) is 10.7 Å². The van der Waals surface area contributed by atoms with E-state index in [1.807, 2.05) is 26.2 Å². The molecule has 0 aliphatic heterocycles. The fourth-order valence-electron chi connectivity index (χ4n) is 1.60. The normalized spacial score (nSPS) is 10.5. The molecule has 0 aromatic carbocycles. The molecule has 6 nitrogen and oxygen atoms in total. The van der Waals surface area contributed by atoms with Crippen LogP contribution in [0.25, 0.3) is 0 Å². The molecule has 90 valence electrons. The van der Waals surface area contributed by atoms with Crippen LogP contribution in [0.4, 0.5) is 11.6 Å². The zero-order chi connectivity index (χ0) is 12.3. The third kappa shape index (κ3) is 3.17. The second kappa shape index (κ2) is 4.82. The average Bonchev–Trinajstić information content (AvgIpc) is 2.63. The number of nitrogens with zero attached hydrogens (tertiary/aromatic N) is 4. The average molecular weight is 232 g/mol. The van der Waals surface area contributed by atoms with E-state index in [0.29, 0.717) is 11.6 Å². The quantitative estimate of drug-likeness (QED) is 0.813. The standard InChI is InChI=1S/C11H16N6/c1-8-14-10(12)7-11(15-8)13-5-3-9-4-6-17(2)16-9/h4,6-7H,3,5H2,1-2H3,(H3,12,13,14,15). The molecule has 0 radical (unpaired) electrons. The molecule has 0 saturated carbocycles. The van der Waals surface area contributed by atoms with E-state index in [4.69, 9.17) is 5.73 Å². The van der Waals surface area contributed by atoms with Gasteiger partial charge < -0.3 is 11.1 Å². The predicted molar refractivity (Wildman–Crippen MR) is 66.6 cm³/mol. The summed E-state index contributed by atoms with van der Waals surface area (Å²) in [6, 6.07) is 3.73. The van der Waals surface area contributed by atoms with E-state index in [2.05, 4.69) is 20.4 Å². The smallest absolute Gasteiger partial charge is 0.131 e. The minimum atomic E-state index is 0.484. The van der Waals surface area contributed by atoms with Crippen LogP contribution in [0.2, 0.25) is 0 Å². The van der Waals surface area contributed by atoms with Crippen molar-refractivity contribution in [3.63, 3.8) is 0 Å². The number of rotatable bonds is 4. The monoisotopic (exact) mass is 232 g/mol. The third-order valence-corrected chi connectivity index (χ3v) is 2.31. The van der Waals surface area contributed by atoms with Crippen molar-refractivity contribution >= 4 is 11.6 Å². The Labute approximate surface area is 99.9 Å². The fraction of sp³-hybridized carbons (Fsp3) is 0.364. The van der Waals surface area contributed by atoms with Crippen LogP contribution >= 0.6 is 0 Å². The lowest BCUT2D eigenvalue weighted by Crippen LogP contribution is -2.08. The molecular weight excluding hydrogens is 216 g/mol. The van der Waals surface area contributed by atoms with Gasteiger partial charge in [0.2, 0.25) is 0 Å². The second-order valence-electron chi connectivity index (χ2n) is 3.88. The van der Waals surface area contributed by atoms with Gasteiger partial charge >= 0.3 is 0 Å². The number of aryl methyl sites for hydroxylation is 2. The van der Waals surface area contributed by atoms with Crippen molar-refractivity contribution in [2.75, 3.05) is 17.6 Å². The van der Waals surface area contributed by atoms with Gasteiger partial charge in [-0.15, -0.1) is 0 Å². The van der Waals surface area contributed by atoms with Gasteiger partial charge in [0, 0.05) is 32.3 Å². The van der Waals surface area contributed by atoms with Gasteiger partial charge in [0.05, 0.1) is 5.69 Å². The van der Waals surface area contributed by atoms with E-state index in [9.17, 15) is 0 Å². The van der Waals surface area contributed by atoms with Crippen molar-refractivity contribution in [3.8, 4) is 0 Å². The lowest BCUT2D eigenvalue weighted by atomic mass is 10.3. The first-order valence-corrected chi connectivity index (χ1v) is 5.47. The molecule has 0 aliphatic carbocycles. The Hall–Kier alpha value is -2.11. The Bertz CT molecular complexity index is 484. The number of aromatic nitrogens is 4. The molecule has 6 heteroatoms. The molecule has 3 N–H and O–H groups in total. The van der Waals surface area contributed by atoms with E-state index >= 15 is 0 Å². The number of nitrogen functional groups attached to an aromatic ring is 1. The molecule has 0 unspecified atom stereocenters. The van der Waals surface area contributed by atoms with Crippen LogP contribution in [0.5, 0.6) is 0 Å². The van der Waals surface area contributed by atoms with E-state index in [1.165, 1.54) is 0 Å². The topological polar surface area (TPSA) is 81.6 Å². The van der Waals surface area contributed by atoms with Gasteiger partial charge in [-0.3, -0.25) is 4.68 Å². The van der Waals surface area contributed by atoms with Crippen molar-refractivity contribution in [2.45, 2.75) is 13.3 Å². The van der Waals surface area contributed by atoms with E-state index in [0.717, 1.165) is 24.5 Å². The van der Waals surface area contributed by atoms with E-state index < -0.39 is 0 Å². The summed E-state index contributed by atoms with van der Waals surface area (Å²) in [5.74, 6) is 1.91. The molecule has 0 fully saturated rings. The van der Waals surface area contributed by atoms with Crippen LogP contribution < -0.4 is 11.1 Å². The number of anilines is 2. The van der Waals surface area contributed by atoms with Gasteiger partial charge in [-0.1, -0.05) is 0 Å². The highest BCUT2D eigenvalue weighted by Gasteiger charge is 2.00. The number of nitrogens with two attached hydrogens (primary N) is 1. The Balaban J connectivity index is 1.89. The zero-order valence-electron chi connectivity index (χ0n) is 10.0. The van der Waals surface area contributed by atoms with Gasteiger partial charge in [0.1, 0.15) is 17.5 Å².